The van der Waals surface area contributed by atoms with E-state index >= 15 is 0 Å². The lowest BCUT2D eigenvalue weighted by Gasteiger charge is -2.30. The van der Waals surface area contributed by atoms with Gasteiger partial charge in [-0.25, -0.2) is 0 Å². The molecule has 3 rings (SSSR count). The Morgan fingerprint density at radius 3 is 2.96 bits per heavy atom. The van der Waals surface area contributed by atoms with Gasteiger partial charge < -0.3 is 9.73 Å². The van der Waals surface area contributed by atoms with E-state index in [1.807, 2.05) is 19.1 Å². The summed E-state index contributed by atoms with van der Waals surface area (Å²) in [6.45, 7) is 4.07. The highest BCUT2D eigenvalue weighted by atomic mass is 32.2. The van der Waals surface area contributed by atoms with Gasteiger partial charge in [0.15, 0.2) is 0 Å². The predicted molar refractivity (Wildman–Crippen MR) is 92.4 cm³/mol. The maximum absolute atomic E-state index is 12.4. The molecule has 0 spiro atoms. The van der Waals surface area contributed by atoms with E-state index in [2.05, 4.69) is 27.4 Å². The highest BCUT2D eigenvalue weighted by Gasteiger charge is 2.26. The molecule has 24 heavy (non-hydrogen) atoms. The number of carbonyl (C=O) groups excluding carboxylic acids is 1. The van der Waals surface area contributed by atoms with Gasteiger partial charge in [-0.3, -0.25) is 9.78 Å². The summed E-state index contributed by atoms with van der Waals surface area (Å²) >= 11 is 1.28. The summed E-state index contributed by atoms with van der Waals surface area (Å²) in [4.78, 5) is 16.4. The molecule has 128 valence electrons. The Morgan fingerprint density at radius 2 is 2.21 bits per heavy atom. The molecule has 0 radical (unpaired) electrons. The molecule has 2 aromatic heterocycles. The molecule has 0 bridgehead atoms. The molecule has 0 unspecified atom stereocenters. The average Bonchev–Trinajstić information content (AvgIpc) is 3.06. The van der Waals surface area contributed by atoms with Crippen molar-refractivity contribution in [2.24, 2.45) is 5.92 Å². The summed E-state index contributed by atoms with van der Waals surface area (Å²) in [6, 6.07) is 3.95. The molecule has 0 aliphatic heterocycles. The quantitative estimate of drug-likeness (QED) is 0.837. The van der Waals surface area contributed by atoms with E-state index < -0.39 is 0 Å². The SMILES string of the molecule is C[C@@H](Sc1nnc(-c2cccnc2)o1)C(=O)N[C@H]1CCCC[C@@H]1C. The summed E-state index contributed by atoms with van der Waals surface area (Å²) < 4.78 is 5.62. The van der Waals surface area contributed by atoms with Crippen molar-refractivity contribution in [1.29, 1.82) is 0 Å². The van der Waals surface area contributed by atoms with Crippen molar-refractivity contribution in [2.75, 3.05) is 0 Å². The van der Waals surface area contributed by atoms with Crippen LogP contribution in [0.15, 0.2) is 34.2 Å². The Kier molecular flexibility index (Phi) is 5.50. The Hall–Kier alpha value is -1.89. The van der Waals surface area contributed by atoms with Crippen LogP contribution in [-0.2, 0) is 4.79 Å². The van der Waals surface area contributed by atoms with Crippen LogP contribution in [0, 0.1) is 5.92 Å². The zero-order valence-corrected chi connectivity index (χ0v) is 14.8. The fourth-order valence-electron chi connectivity index (χ4n) is 2.90. The molecule has 1 N–H and O–H groups in total. The molecule has 1 aliphatic rings. The lowest BCUT2D eigenvalue weighted by atomic mass is 9.86. The van der Waals surface area contributed by atoms with Crippen LogP contribution in [0.1, 0.15) is 39.5 Å². The first-order valence-electron chi connectivity index (χ1n) is 8.34. The Balaban J connectivity index is 1.57. The number of nitrogens with zero attached hydrogens (tertiary/aromatic N) is 3. The number of carbonyl (C=O) groups is 1. The molecule has 3 atom stereocenters. The van der Waals surface area contributed by atoms with Crippen LogP contribution in [0.5, 0.6) is 0 Å². The molecule has 0 aromatic carbocycles. The normalized spacial score (nSPS) is 22.1. The fourth-order valence-corrected chi connectivity index (χ4v) is 3.59. The molecule has 2 aromatic rings. The van der Waals surface area contributed by atoms with Crippen molar-refractivity contribution >= 4 is 17.7 Å². The van der Waals surface area contributed by atoms with Gasteiger partial charge in [-0.15, -0.1) is 10.2 Å². The monoisotopic (exact) mass is 346 g/mol. The van der Waals surface area contributed by atoms with E-state index in [4.69, 9.17) is 4.42 Å². The van der Waals surface area contributed by atoms with Crippen LogP contribution in [0.3, 0.4) is 0 Å². The minimum Gasteiger partial charge on any atom is -0.411 e. The third-order valence-corrected chi connectivity index (χ3v) is 5.34. The third-order valence-electron chi connectivity index (χ3n) is 4.40. The van der Waals surface area contributed by atoms with Crippen molar-refractivity contribution in [3.05, 3.63) is 24.5 Å². The first kappa shape index (κ1) is 17.0. The van der Waals surface area contributed by atoms with Crippen molar-refractivity contribution in [2.45, 2.75) is 56.0 Å². The molecule has 1 saturated carbocycles. The summed E-state index contributed by atoms with van der Waals surface area (Å²) in [5.41, 5.74) is 0.769. The van der Waals surface area contributed by atoms with Crippen LogP contribution in [-0.4, -0.2) is 32.4 Å². The number of aromatic nitrogens is 3. The Labute approximate surface area is 145 Å². The van der Waals surface area contributed by atoms with Crippen LogP contribution >= 0.6 is 11.8 Å². The van der Waals surface area contributed by atoms with Crippen molar-refractivity contribution < 1.29 is 9.21 Å². The lowest BCUT2D eigenvalue weighted by molar-refractivity contribution is -0.121. The van der Waals surface area contributed by atoms with Gasteiger partial charge in [0.1, 0.15) is 0 Å². The molecular formula is C17H22N4O2S. The smallest absolute Gasteiger partial charge is 0.277 e. The summed E-state index contributed by atoms with van der Waals surface area (Å²) in [5.74, 6) is 0.986. The zero-order valence-electron chi connectivity index (χ0n) is 13.9. The van der Waals surface area contributed by atoms with Crippen LogP contribution in [0.4, 0.5) is 0 Å². The first-order chi connectivity index (χ1) is 11.6. The van der Waals surface area contributed by atoms with Gasteiger partial charge in [0.25, 0.3) is 5.22 Å². The zero-order chi connectivity index (χ0) is 16.9. The largest absolute Gasteiger partial charge is 0.411 e. The van der Waals surface area contributed by atoms with Crippen molar-refractivity contribution in [3.63, 3.8) is 0 Å². The lowest BCUT2D eigenvalue weighted by Crippen LogP contribution is -2.44. The first-order valence-corrected chi connectivity index (χ1v) is 9.22. The van der Waals surface area contributed by atoms with Gasteiger partial charge in [-0.2, -0.15) is 0 Å². The topological polar surface area (TPSA) is 80.9 Å². The highest BCUT2D eigenvalue weighted by molar-refractivity contribution is 8.00. The molecule has 6 nitrogen and oxygen atoms in total. The summed E-state index contributed by atoms with van der Waals surface area (Å²) in [5, 5.41) is 11.3. The van der Waals surface area contributed by atoms with Gasteiger partial charge in [-0.05, 0) is 37.8 Å². The summed E-state index contributed by atoms with van der Waals surface area (Å²) in [6.07, 6.45) is 8.06. The van der Waals surface area contributed by atoms with Gasteiger partial charge in [0.2, 0.25) is 11.8 Å². The second-order valence-electron chi connectivity index (χ2n) is 6.25. The second kappa shape index (κ2) is 7.79. The molecule has 1 amide bonds. The van der Waals surface area contributed by atoms with Gasteiger partial charge in [0.05, 0.1) is 10.8 Å². The number of nitrogens with one attached hydrogen (secondary N) is 1. The van der Waals surface area contributed by atoms with Crippen LogP contribution in [0.25, 0.3) is 11.5 Å². The van der Waals surface area contributed by atoms with Crippen molar-refractivity contribution in [3.8, 4) is 11.5 Å². The number of rotatable bonds is 5. The Morgan fingerprint density at radius 1 is 1.38 bits per heavy atom. The standard InChI is InChI=1S/C17H22N4O2S/c1-11-6-3-4-8-14(11)19-15(22)12(2)24-17-21-20-16(23-17)13-7-5-9-18-10-13/h5,7,9-12,14H,3-4,6,8H2,1-2H3,(H,19,22)/t11-,12+,14-/m0/s1. The van der Waals surface area contributed by atoms with Gasteiger partial charge in [0, 0.05) is 18.4 Å². The van der Waals surface area contributed by atoms with E-state index in [9.17, 15) is 4.79 Å². The molecule has 2 heterocycles. The average molecular weight is 346 g/mol. The maximum atomic E-state index is 12.4. The number of pyridine rings is 1. The van der Waals surface area contributed by atoms with Gasteiger partial charge >= 0.3 is 0 Å². The Bertz CT molecular complexity index is 676. The minimum atomic E-state index is -0.277. The van der Waals surface area contributed by atoms with E-state index in [1.165, 1.54) is 31.0 Å². The molecule has 7 heteroatoms. The number of amides is 1. The number of hydrogen-bond acceptors (Lipinski definition) is 6. The van der Waals surface area contributed by atoms with Crippen molar-refractivity contribution in [1.82, 2.24) is 20.5 Å². The maximum Gasteiger partial charge on any atom is 0.277 e. The summed E-state index contributed by atoms with van der Waals surface area (Å²) in [7, 11) is 0. The third kappa shape index (κ3) is 4.14. The minimum absolute atomic E-state index is 0.0277. The van der Waals surface area contributed by atoms with Crippen LogP contribution in [0.2, 0.25) is 0 Å². The molecule has 1 fully saturated rings. The number of thioether (sulfide) groups is 1. The molecule has 1 aliphatic carbocycles. The van der Waals surface area contributed by atoms with E-state index in [-0.39, 0.29) is 17.2 Å². The van der Waals surface area contributed by atoms with E-state index in [0.717, 1.165) is 12.0 Å². The van der Waals surface area contributed by atoms with Gasteiger partial charge in [-0.1, -0.05) is 31.5 Å². The highest BCUT2D eigenvalue weighted by Crippen LogP contribution is 2.27. The molecular weight excluding hydrogens is 324 g/mol. The van der Waals surface area contributed by atoms with E-state index in [0.29, 0.717) is 17.0 Å². The number of hydrogen-bond donors (Lipinski definition) is 1. The predicted octanol–water partition coefficient (Wildman–Crippen LogP) is 3.31. The fraction of sp³-hybridized carbons (Fsp3) is 0.529. The molecule has 0 saturated heterocycles. The van der Waals surface area contributed by atoms with Crippen LogP contribution < -0.4 is 5.32 Å². The second-order valence-corrected chi connectivity index (χ2v) is 7.54. The van der Waals surface area contributed by atoms with E-state index in [1.54, 1.807) is 12.4 Å².